The molecule has 1 fully saturated rings. The van der Waals surface area contributed by atoms with Gasteiger partial charge >= 0.3 is 0 Å². The van der Waals surface area contributed by atoms with Gasteiger partial charge in [-0.3, -0.25) is 9.79 Å². The number of rotatable bonds is 8. The summed E-state index contributed by atoms with van der Waals surface area (Å²) in [4.78, 5) is 25.6. The van der Waals surface area contributed by atoms with Gasteiger partial charge in [0.1, 0.15) is 11.5 Å². The van der Waals surface area contributed by atoms with E-state index >= 15 is 0 Å². The van der Waals surface area contributed by atoms with E-state index in [0.717, 1.165) is 6.42 Å². The maximum absolute atomic E-state index is 15.0. The SMILES string of the molecule is C#C[C@@H](C)Oc1cnc(C(=O)Cc2ccc(F)c([C@@]3(C)N=C(N)S[C@@]4(COC)C[C@H]43)c2)cn1. The molecule has 1 saturated carbocycles. The Kier molecular flexibility index (Phi) is 6.16. The molecule has 0 radical (unpaired) electrons. The number of aromatic nitrogens is 2. The number of fused-ring (bicyclic) bond motifs is 1. The number of nitrogens with zero attached hydrogens (tertiary/aromatic N) is 3. The Morgan fingerprint density at radius 2 is 2.21 bits per heavy atom. The van der Waals surface area contributed by atoms with Gasteiger partial charge in [0, 0.05) is 25.0 Å². The molecule has 0 saturated heterocycles. The molecule has 1 aliphatic heterocycles. The molecule has 7 nitrogen and oxygen atoms in total. The van der Waals surface area contributed by atoms with Gasteiger partial charge in [-0.25, -0.2) is 14.4 Å². The van der Waals surface area contributed by atoms with Crippen molar-refractivity contribution in [2.24, 2.45) is 16.6 Å². The van der Waals surface area contributed by atoms with Crippen molar-refractivity contribution in [2.45, 2.75) is 43.1 Å². The van der Waals surface area contributed by atoms with Crippen molar-refractivity contribution < 1.29 is 18.7 Å². The van der Waals surface area contributed by atoms with Crippen LogP contribution in [0.15, 0.2) is 35.6 Å². The molecule has 2 aromatic rings. The topological polar surface area (TPSA) is 99.7 Å². The van der Waals surface area contributed by atoms with Crippen molar-refractivity contribution in [3.63, 3.8) is 0 Å². The molecule has 4 atom stereocenters. The molecule has 0 spiro atoms. The second-order valence-corrected chi connectivity index (χ2v) is 9.97. The van der Waals surface area contributed by atoms with Crippen LogP contribution >= 0.6 is 11.8 Å². The minimum Gasteiger partial charge on any atom is -0.460 e. The summed E-state index contributed by atoms with van der Waals surface area (Å²) >= 11 is 1.50. The van der Waals surface area contributed by atoms with Gasteiger partial charge in [-0.2, -0.15) is 0 Å². The van der Waals surface area contributed by atoms with Crippen LogP contribution in [0.4, 0.5) is 4.39 Å². The summed E-state index contributed by atoms with van der Waals surface area (Å²) in [6.45, 7) is 4.12. The first-order valence-corrected chi connectivity index (χ1v) is 11.3. The number of hydrogen-bond acceptors (Lipinski definition) is 8. The standard InChI is InChI=1S/C24H25FN4O3S/c1-5-14(2)32-21-12-27-18(11-28-21)19(30)9-15-6-7-17(25)16(8-15)23(3)20-10-24(20,13-31-4)33-22(26)29-23/h1,6-8,11-12,14,20H,9-10,13H2,2-4H3,(H2,26,29)/t14-,20+,23-,24-/m1/s1. The largest absolute Gasteiger partial charge is 0.460 e. The lowest BCUT2D eigenvalue weighted by molar-refractivity contribution is 0.0987. The van der Waals surface area contributed by atoms with Gasteiger partial charge in [-0.05, 0) is 38.0 Å². The summed E-state index contributed by atoms with van der Waals surface area (Å²) in [6, 6.07) is 4.68. The fraction of sp³-hybridized carbons (Fsp3) is 0.417. The van der Waals surface area contributed by atoms with E-state index in [2.05, 4.69) is 20.9 Å². The third-order valence-corrected chi connectivity index (χ3v) is 7.40. The lowest BCUT2D eigenvalue weighted by Gasteiger charge is -2.34. The zero-order valence-electron chi connectivity index (χ0n) is 18.7. The molecular weight excluding hydrogens is 443 g/mol. The van der Waals surface area contributed by atoms with Crippen LogP contribution in [-0.4, -0.2) is 45.5 Å². The number of halogens is 1. The zero-order chi connectivity index (χ0) is 23.8. The van der Waals surface area contributed by atoms with Crippen molar-refractivity contribution in [1.29, 1.82) is 0 Å². The van der Waals surface area contributed by atoms with E-state index in [1.54, 1.807) is 26.2 Å². The van der Waals surface area contributed by atoms with Crippen molar-refractivity contribution in [2.75, 3.05) is 13.7 Å². The van der Waals surface area contributed by atoms with E-state index in [9.17, 15) is 9.18 Å². The molecule has 1 aromatic heterocycles. The summed E-state index contributed by atoms with van der Waals surface area (Å²) in [6.07, 6.45) is 8.41. The zero-order valence-corrected chi connectivity index (χ0v) is 19.5. The number of methoxy groups -OCH3 is 1. The second-order valence-electron chi connectivity index (χ2n) is 8.53. The van der Waals surface area contributed by atoms with Gasteiger partial charge in [0.15, 0.2) is 17.1 Å². The van der Waals surface area contributed by atoms with Crippen LogP contribution in [0.5, 0.6) is 5.88 Å². The molecule has 33 heavy (non-hydrogen) atoms. The Morgan fingerprint density at radius 1 is 1.42 bits per heavy atom. The number of aliphatic imine (C=N–C) groups is 1. The monoisotopic (exact) mass is 468 g/mol. The number of thioether (sulfide) groups is 1. The summed E-state index contributed by atoms with van der Waals surface area (Å²) in [5.74, 6) is 2.14. The van der Waals surface area contributed by atoms with Crippen LogP contribution in [0.2, 0.25) is 0 Å². The second kappa shape index (κ2) is 8.76. The fourth-order valence-electron chi connectivity index (χ4n) is 4.41. The summed E-state index contributed by atoms with van der Waals surface area (Å²) < 4.78 is 25.6. The number of amidine groups is 1. The van der Waals surface area contributed by atoms with Crippen LogP contribution in [0.1, 0.15) is 41.9 Å². The molecule has 1 aliphatic carbocycles. The molecular formula is C24H25FN4O3S. The third-order valence-electron chi connectivity index (χ3n) is 6.13. The molecule has 4 rings (SSSR count). The molecule has 2 N–H and O–H groups in total. The molecule has 0 bridgehead atoms. The highest BCUT2D eigenvalue weighted by atomic mass is 32.2. The summed E-state index contributed by atoms with van der Waals surface area (Å²) in [5.41, 5.74) is 6.56. The van der Waals surface area contributed by atoms with E-state index < -0.39 is 11.6 Å². The predicted octanol–water partition coefficient (Wildman–Crippen LogP) is 3.12. The highest BCUT2D eigenvalue weighted by Crippen LogP contribution is 2.65. The molecule has 2 aliphatic rings. The highest BCUT2D eigenvalue weighted by Gasteiger charge is 2.66. The van der Waals surface area contributed by atoms with Crippen molar-refractivity contribution in [1.82, 2.24) is 9.97 Å². The Labute approximate surface area is 196 Å². The Bertz CT molecular complexity index is 1150. The number of ketones is 1. The number of carbonyl (C=O) groups excluding carboxylic acids is 1. The Balaban J connectivity index is 1.55. The number of ether oxygens (including phenoxy) is 2. The number of terminal acetylenes is 1. The average Bonchev–Trinajstić information content (AvgIpc) is 3.50. The van der Waals surface area contributed by atoms with Gasteiger partial charge < -0.3 is 15.2 Å². The molecule has 1 aromatic carbocycles. The third kappa shape index (κ3) is 4.45. The molecule has 0 unspecified atom stereocenters. The van der Waals surface area contributed by atoms with Crippen molar-refractivity contribution in [3.05, 3.63) is 53.2 Å². The maximum atomic E-state index is 15.0. The number of hydrogen-bond donors (Lipinski definition) is 1. The fourth-order valence-corrected chi connectivity index (χ4v) is 5.86. The van der Waals surface area contributed by atoms with E-state index in [1.807, 2.05) is 6.92 Å². The highest BCUT2D eigenvalue weighted by molar-refractivity contribution is 8.15. The van der Waals surface area contributed by atoms with Crippen LogP contribution in [0.25, 0.3) is 0 Å². The number of Topliss-reactive ketones (excluding diaryl/α,β-unsaturated/α-hetero) is 1. The van der Waals surface area contributed by atoms with E-state index in [0.29, 0.717) is 22.9 Å². The Hall–Kier alpha value is -2.96. The number of carbonyl (C=O) groups is 1. The van der Waals surface area contributed by atoms with E-state index in [1.165, 1.54) is 30.2 Å². The Morgan fingerprint density at radius 3 is 2.88 bits per heavy atom. The first-order chi connectivity index (χ1) is 15.7. The first-order valence-electron chi connectivity index (χ1n) is 10.5. The van der Waals surface area contributed by atoms with Gasteiger partial charge in [0.05, 0.1) is 29.3 Å². The van der Waals surface area contributed by atoms with E-state index in [-0.39, 0.29) is 40.3 Å². The summed E-state index contributed by atoms with van der Waals surface area (Å²) in [5, 5.41) is 0.418. The predicted molar refractivity (Wildman–Crippen MR) is 125 cm³/mol. The van der Waals surface area contributed by atoms with Crippen LogP contribution in [0, 0.1) is 24.1 Å². The molecule has 9 heteroatoms. The molecule has 2 heterocycles. The molecule has 0 amide bonds. The van der Waals surface area contributed by atoms with Gasteiger partial charge in [-0.1, -0.05) is 23.7 Å². The number of nitrogens with two attached hydrogens (primary N) is 1. The minimum atomic E-state index is -0.830. The normalized spacial score (nSPS) is 26.5. The minimum absolute atomic E-state index is 0.0425. The van der Waals surface area contributed by atoms with Crippen molar-refractivity contribution >= 4 is 22.7 Å². The maximum Gasteiger partial charge on any atom is 0.233 e. The quantitative estimate of drug-likeness (QED) is 0.469. The lowest BCUT2D eigenvalue weighted by Crippen LogP contribution is -2.37. The summed E-state index contributed by atoms with van der Waals surface area (Å²) in [7, 11) is 1.65. The van der Waals surface area contributed by atoms with Crippen LogP contribution in [-0.2, 0) is 16.7 Å². The molecule has 172 valence electrons. The average molecular weight is 469 g/mol. The van der Waals surface area contributed by atoms with Crippen molar-refractivity contribution in [3.8, 4) is 18.2 Å². The van der Waals surface area contributed by atoms with Crippen LogP contribution < -0.4 is 10.5 Å². The number of benzene rings is 1. The van der Waals surface area contributed by atoms with E-state index in [4.69, 9.17) is 21.6 Å². The van der Waals surface area contributed by atoms with Crippen LogP contribution in [0.3, 0.4) is 0 Å². The van der Waals surface area contributed by atoms with Gasteiger partial charge in [-0.15, -0.1) is 6.42 Å². The lowest BCUT2D eigenvalue weighted by atomic mass is 9.84. The first kappa shape index (κ1) is 23.2. The smallest absolute Gasteiger partial charge is 0.233 e. The van der Waals surface area contributed by atoms with Gasteiger partial charge in [0.2, 0.25) is 5.88 Å². The van der Waals surface area contributed by atoms with Gasteiger partial charge in [0.25, 0.3) is 0 Å².